The van der Waals surface area contributed by atoms with Crippen LogP contribution in [0.5, 0.6) is 0 Å². The van der Waals surface area contributed by atoms with Gasteiger partial charge in [0, 0.05) is 37.1 Å². The second kappa shape index (κ2) is 6.43. The van der Waals surface area contributed by atoms with E-state index in [-0.39, 0.29) is 0 Å². The Kier molecular flexibility index (Phi) is 5.19. The fraction of sp³-hybridized carbons (Fsp3) is 0.667. The molecule has 0 aliphatic heterocycles. The van der Waals surface area contributed by atoms with Crippen molar-refractivity contribution in [2.45, 2.75) is 39.8 Å². The van der Waals surface area contributed by atoms with Gasteiger partial charge in [0.1, 0.15) is 0 Å². The smallest absolute Gasteiger partial charge is 0.225 e. The van der Waals surface area contributed by atoms with Crippen LogP contribution in [0.15, 0.2) is 12.4 Å². The summed E-state index contributed by atoms with van der Waals surface area (Å²) in [5.41, 5.74) is 1.12. The Bertz CT molecular complexity index is 294. The molecular weight excluding hydrogens is 200 g/mol. The highest BCUT2D eigenvalue weighted by Crippen LogP contribution is 2.11. The lowest BCUT2D eigenvalue weighted by Gasteiger charge is -2.26. The molecule has 0 bridgehead atoms. The zero-order valence-corrected chi connectivity index (χ0v) is 10.7. The second-order valence-electron chi connectivity index (χ2n) is 4.21. The van der Waals surface area contributed by atoms with Crippen molar-refractivity contribution in [1.29, 1.82) is 0 Å². The lowest BCUT2D eigenvalue weighted by Crippen LogP contribution is -2.33. The van der Waals surface area contributed by atoms with Crippen LogP contribution < -0.4 is 10.2 Å². The maximum Gasteiger partial charge on any atom is 0.225 e. The van der Waals surface area contributed by atoms with Crippen LogP contribution >= 0.6 is 0 Å². The van der Waals surface area contributed by atoms with Gasteiger partial charge in [-0.2, -0.15) is 0 Å². The molecule has 0 unspecified atom stereocenters. The minimum Gasteiger partial charge on any atom is -0.338 e. The molecule has 1 aromatic heterocycles. The van der Waals surface area contributed by atoms with Gasteiger partial charge in [-0.15, -0.1) is 0 Å². The van der Waals surface area contributed by atoms with Gasteiger partial charge in [-0.1, -0.05) is 6.92 Å². The molecule has 1 rings (SSSR count). The van der Waals surface area contributed by atoms with Crippen molar-refractivity contribution in [1.82, 2.24) is 15.3 Å². The second-order valence-corrected chi connectivity index (χ2v) is 4.21. The van der Waals surface area contributed by atoms with Crippen molar-refractivity contribution >= 4 is 5.95 Å². The molecule has 1 aromatic rings. The standard InChI is InChI=1S/C12H22N4/c1-5-6-16(10(2)3)12-14-8-11(7-13-4)9-15-12/h8-10,13H,5-7H2,1-4H3. The largest absolute Gasteiger partial charge is 0.338 e. The first-order chi connectivity index (χ1) is 7.69. The van der Waals surface area contributed by atoms with Crippen LogP contribution in [0.25, 0.3) is 0 Å². The predicted molar refractivity (Wildman–Crippen MR) is 67.6 cm³/mol. The third kappa shape index (κ3) is 3.45. The van der Waals surface area contributed by atoms with Crippen molar-refractivity contribution in [3.8, 4) is 0 Å². The topological polar surface area (TPSA) is 41.1 Å². The minimum absolute atomic E-state index is 0.440. The molecule has 90 valence electrons. The summed E-state index contributed by atoms with van der Waals surface area (Å²) in [6, 6.07) is 0.440. The molecule has 0 amide bonds. The van der Waals surface area contributed by atoms with E-state index in [4.69, 9.17) is 0 Å². The van der Waals surface area contributed by atoms with Crippen LogP contribution in [0.3, 0.4) is 0 Å². The fourth-order valence-corrected chi connectivity index (χ4v) is 1.62. The first kappa shape index (κ1) is 12.9. The predicted octanol–water partition coefficient (Wildman–Crippen LogP) is 1.82. The number of anilines is 1. The van der Waals surface area contributed by atoms with E-state index >= 15 is 0 Å². The maximum absolute atomic E-state index is 4.41. The number of aromatic nitrogens is 2. The number of rotatable bonds is 6. The monoisotopic (exact) mass is 222 g/mol. The molecular formula is C12H22N4. The van der Waals surface area contributed by atoms with Crippen LogP contribution in [0.4, 0.5) is 5.95 Å². The van der Waals surface area contributed by atoms with E-state index in [1.54, 1.807) is 0 Å². The van der Waals surface area contributed by atoms with Gasteiger partial charge in [0.25, 0.3) is 0 Å². The molecule has 16 heavy (non-hydrogen) atoms. The number of hydrogen-bond acceptors (Lipinski definition) is 4. The van der Waals surface area contributed by atoms with Crippen molar-refractivity contribution in [2.24, 2.45) is 0 Å². The molecule has 0 radical (unpaired) electrons. The summed E-state index contributed by atoms with van der Waals surface area (Å²) < 4.78 is 0. The fourth-order valence-electron chi connectivity index (χ4n) is 1.62. The van der Waals surface area contributed by atoms with Gasteiger partial charge >= 0.3 is 0 Å². The van der Waals surface area contributed by atoms with Gasteiger partial charge in [-0.3, -0.25) is 0 Å². The average molecular weight is 222 g/mol. The molecule has 0 saturated carbocycles. The third-order valence-electron chi connectivity index (χ3n) is 2.42. The van der Waals surface area contributed by atoms with E-state index in [1.807, 2.05) is 19.4 Å². The quantitative estimate of drug-likeness (QED) is 0.797. The van der Waals surface area contributed by atoms with Gasteiger partial charge in [-0.25, -0.2) is 9.97 Å². The summed E-state index contributed by atoms with van der Waals surface area (Å²) in [6.45, 7) is 8.32. The third-order valence-corrected chi connectivity index (χ3v) is 2.42. The van der Waals surface area contributed by atoms with E-state index in [9.17, 15) is 0 Å². The molecule has 4 heteroatoms. The van der Waals surface area contributed by atoms with Crippen molar-refractivity contribution in [3.05, 3.63) is 18.0 Å². The van der Waals surface area contributed by atoms with Crippen LogP contribution in [0.1, 0.15) is 32.8 Å². The lowest BCUT2D eigenvalue weighted by molar-refractivity contribution is 0.649. The molecule has 1 heterocycles. The SMILES string of the molecule is CCCN(c1ncc(CNC)cn1)C(C)C. The van der Waals surface area contributed by atoms with E-state index in [1.165, 1.54) is 0 Å². The Labute approximate surface area is 98.1 Å². The van der Waals surface area contributed by atoms with Crippen molar-refractivity contribution in [2.75, 3.05) is 18.5 Å². The molecule has 0 atom stereocenters. The van der Waals surface area contributed by atoms with E-state index in [2.05, 4.69) is 41.0 Å². The number of hydrogen-bond donors (Lipinski definition) is 1. The molecule has 0 aliphatic rings. The van der Waals surface area contributed by atoms with Crippen LogP contribution in [-0.4, -0.2) is 29.6 Å². The van der Waals surface area contributed by atoms with Gasteiger partial charge in [0.15, 0.2) is 0 Å². The number of nitrogens with one attached hydrogen (secondary N) is 1. The Balaban J connectivity index is 2.77. The minimum atomic E-state index is 0.440. The molecule has 4 nitrogen and oxygen atoms in total. The van der Waals surface area contributed by atoms with Crippen LogP contribution in [0, 0.1) is 0 Å². The summed E-state index contributed by atoms with van der Waals surface area (Å²) >= 11 is 0. The van der Waals surface area contributed by atoms with E-state index < -0.39 is 0 Å². The van der Waals surface area contributed by atoms with Gasteiger partial charge in [0.05, 0.1) is 0 Å². The zero-order valence-electron chi connectivity index (χ0n) is 10.7. The van der Waals surface area contributed by atoms with Crippen molar-refractivity contribution < 1.29 is 0 Å². The molecule has 0 spiro atoms. The van der Waals surface area contributed by atoms with Crippen LogP contribution in [-0.2, 0) is 6.54 Å². The molecule has 0 fully saturated rings. The van der Waals surface area contributed by atoms with E-state index in [0.29, 0.717) is 6.04 Å². The molecule has 1 N–H and O–H groups in total. The summed E-state index contributed by atoms with van der Waals surface area (Å²) in [4.78, 5) is 11.0. The Morgan fingerprint density at radius 3 is 2.38 bits per heavy atom. The van der Waals surface area contributed by atoms with E-state index in [0.717, 1.165) is 31.0 Å². The summed E-state index contributed by atoms with van der Waals surface area (Å²) in [5.74, 6) is 0.830. The van der Waals surface area contributed by atoms with Crippen molar-refractivity contribution in [3.63, 3.8) is 0 Å². The summed E-state index contributed by atoms with van der Waals surface area (Å²) in [6.07, 6.45) is 4.90. The van der Waals surface area contributed by atoms with Gasteiger partial charge in [-0.05, 0) is 27.3 Å². The average Bonchev–Trinajstić information content (AvgIpc) is 2.27. The Hall–Kier alpha value is -1.16. The Morgan fingerprint density at radius 2 is 1.94 bits per heavy atom. The lowest BCUT2D eigenvalue weighted by atomic mass is 10.3. The first-order valence-electron chi connectivity index (χ1n) is 5.91. The highest BCUT2D eigenvalue weighted by Gasteiger charge is 2.11. The Morgan fingerprint density at radius 1 is 1.31 bits per heavy atom. The zero-order chi connectivity index (χ0) is 12.0. The van der Waals surface area contributed by atoms with Gasteiger partial charge < -0.3 is 10.2 Å². The molecule has 0 aliphatic carbocycles. The van der Waals surface area contributed by atoms with Gasteiger partial charge in [0.2, 0.25) is 5.95 Å². The molecule has 0 saturated heterocycles. The number of nitrogens with zero attached hydrogens (tertiary/aromatic N) is 3. The first-order valence-corrected chi connectivity index (χ1v) is 5.91. The van der Waals surface area contributed by atoms with Crippen LogP contribution in [0.2, 0.25) is 0 Å². The summed E-state index contributed by atoms with van der Waals surface area (Å²) in [7, 11) is 1.92. The molecule has 0 aromatic carbocycles. The maximum atomic E-state index is 4.41. The normalized spacial score (nSPS) is 10.8. The highest BCUT2D eigenvalue weighted by molar-refractivity contribution is 5.30. The highest BCUT2D eigenvalue weighted by atomic mass is 15.3. The summed E-state index contributed by atoms with van der Waals surface area (Å²) in [5, 5.41) is 3.09.